The van der Waals surface area contributed by atoms with E-state index in [4.69, 9.17) is 19.7 Å². The van der Waals surface area contributed by atoms with Gasteiger partial charge in [0.25, 0.3) is 5.91 Å². The van der Waals surface area contributed by atoms with Crippen molar-refractivity contribution in [3.05, 3.63) is 105 Å². The number of nitrogens with one attached hydrogen (secondary N) is 1. The van der Waals surface area contributed by atoms with Crippen LogP contribution in [0.2, 0.25) is 0 Å². The standard InChI is InChI=1S/C32H29N3O3S/c1-2-37-28-18-24(16-17-27(28)38-21-23-14-12-22(19-33)13-15-23)20-34-32-30(26-10-6-7-11-29(26)39-32)31(36)35-25-8-4-3-5-9-25/h3-5,8-9,12-18,20H,2,6-7,10-11,21H2,1H3,(H,35,36). The first kappa shape index (κ1) is 26.2. The third kappa shape index (κ3) is 6.36. The molecular weight excluding hydrogens is 506 g/mol. The van der Waals surface area contributed by atoms with Crippen molar-refractivity contribution in [3.8, 4) is 17.6 Å². The number of thiophene rings is 1. The zero-order chi connectivity index (χ0) is 27.0. The van der Waals surface area contributed by atoms with Crippen molar-refractivity contribution in [1.29, 1.82) is 5.26 Å². The van der Waals surface area contributed by atoms with Crippen LogP contribution in [0.25, 0.3) is 0 Å². The second kappa shape index (κ2) is 12.4. The van der Waals surface area contributed by atoms with Gasteiger partial charge in [0.05, 0.1) is 23.8 Å². The van der Waals surface area contributed by atoms with E-state index < -0.39 is 0 Å². The summed E-state index contributed by atoms with van der Waals surface area (Å²) in [5, 5.41) is 12.8. The van der Waals surface area contributed by atoms with Crippen molar-refractivity contribution < 1.29 is 14.3 Å². The number of ether oxygens (including phenoxy) is 2. The second-order valence-corrected chi connectivity index (χ2v) is 10.3. The number of nitriles is 1. The summed E-state index contributed by atoms with van der Waals surface area (Å²) in [6, 6.07) is 24.7. The molecule has 0 spiro atoms. The molecule has 0 atom stereocenters. The van der Waals surface area contributed by atoms with Crippen LogP contribution in [0.15, 0.2) is 77.8 Å². The van der Waals surface area contributed by atoms with Gasteiger partial charge in [-0.25, -0.2) is 4.99 Å². The van der Waals surface area contributed by atoms with Gasteiger partial charge in [-0.05, 0) is 91.8 Å². The first-order chi connectivity index (χ1) is 19.1. The number of hydrogen-bond acceptors (Lipinski definition) is 6. The predicted octanol–water partition coefficient (Wildman–Crippen LogP) is 7.48. The molecule has 4 aromatic rings. The quantitative estimate of drug-likeness (QED) is 0.225. The number of rotatable bonds is 9. The van der Waals surface area contributed by atoms with E-state index in [1.165, 1.54) is 4.88 Å². The minimum absolute atomic E-state index is 0.116. The van der Waals surface area contributed by atoms with Crippen molar-refractivity contribution >= 4 is 34.1 Å². The Bertz CT molecular complexity index is 1520. The van der Waals surface area contributed by atoms with E-state index in [1.807, 2.05) is 67.6 Å². The largest absolute Gasteiger partial charge is 0.490 e. The molecule has 1 amide bonds. The normalized spacial score (nSPS) is 12.5. The van der Waals surface area contributed by atoms with Crippen LogP contribution in [-0.2, 0) is 19.4 Å². The van der Waals surface area contributed by atoms with Crippen LogP contribution in [0.4, 0.5) is 10.7 Å². The van der Waals surface area contributed by atoms with Gasteiger partial charge in [-0.3, -0.25) is 4.79 Å². The predicted molar refractivity (Wildman–Crippen MR) is 156 cm³/mol. The molecule has 5 rings (SSSR count). The summed E-state index contributed by atoms with van der Waals surface area (Å²) in [7, 11) is 0. The molecule has 0 unspecified atom stereocenters. The highest BCUT2D eigenvalue weighted by Crippen LogP contribution is 2.40. The summed E-state index contributed by atoms with van der Waals surface area (Å²) in [6.45, 7) is 2.79. The lowest BCUT2D eigenvalue weighted by molar-refractivity contribution is 0.102. The number of anilines is 1. The number of para-hydroxylation sites is 1. The monoisotopic (exact) mass is 535 g/mol. The molecule has 7 heteroatoms. The first-order valence-corrected chi connectivity index (χ1v) is 13.9. The van der Waals surface area contributed by atoms with Crippen LogP contribution in [0.5, 0.6) is 11.5 Å². The van der Waals surface area contributed by atoms with Gasteiger partial charge in [0, 0.05) is 16.8 Å². The van der Waals surface area contributed by atoms with Gasteiger partial charge >= 0.3 is 0 Å². The minimum atomic E-state index is -0.116. The van der Waals surface area contributed by atoms with Crippen LogP contribution in [0.1, 0.15) is 57.3 Å². The van der Waals surface area contributed by atoms with Gasteiger partial charge in [0.2, 0.25) is 0 Å². The van der Waals surface area contributed by atoms with E-state index in [-0.39, 0.29) is 5.91 Å². The Balaban J connectivity index is 1.37. The van der Waals surface area contributed by atoms with E-state index >= 15 is 0 Å². The van der Waals surface area contributed by atoms with Gasteiger partial charge < -0.3 is 14.8 Å². The third-order valence-electron chi connectivity index (χ3n) is 6.49. The molecule has 3 aromatic carbocycles. The van der Waals surface area contributed by atoms with Crippen molar-refractivity contribution in [2.24, 2.45) is 4.99 Å². The molecule has 0 bridgehead atoms. The van der Waals surface area contributed by atoms with Crippen LogP contribution in [0.3, 0.4) is 0 Å². The van der Waals surface area contributed by atoms with E-state index in [1.54, 1.807) is 29.7 Å². The molecule has 196 valence electrons. The average Bonchev–Trinajstić information content (AvgIpc) is 3.35. The number of carbonyl (C=O) groups is 1. The molecule has 0 fully saturated rings. The molecule has 0 aliphatic heterocycles. The topological polar surface area (TPSA) is 83.7 Å². The fourth-order valence-corrected chi connectivity index (χ4v) is 5.78. The number of fused-ring (bicyclic) bond motifs is 1. The molecule has 0 saturated heterocycles. The van der Waals surface area contributed by atoms with E-state index in [0.29, 0.717) is 35.8 Å². The molecule has 1 heterocycles. The number of hydrogen-bond donors (Lipinski definition) is 1. The van der Waals surface area contributed by atoms with Gasteiger partial charge in [0.1, 0.15) is 11.6 Å². The molecule has 6 nitrogen and oxygen atoms in total. The van der Waals surface area contributed by atoms with E-state index in [9.17, 15) is 4.79 Å². The highest BCUT2D eigenvalue weighted by molar-refractivity contribution is 7.16. The summed E-state index contributed by atoms with van der Waals surface area (Å²) in [5.41, 5.74) is 5.02. The first-order valence-electron chi connectivity index (χ1n) is 13.1. The van der Waals surface area contributed by atoms with Gasteiger partial charge in [-0.2, -0.15) is 5.26 Å². The van der Waals surface area contributed by atoms with Crippen molar-refractivity contribution in [2.75, 3.05) is 11.9 Å². The van der Waals surface area contributed by atoms with Gasteiger partial charge in [-0.1, -0.05) is 30.3 Å². The fourth-order valence-electron chi connectivity index (χ4n) is 4.55. The van der Waals surface area contributed by atoms with Gasteiger partial charge in [0.15, 0.2) is 11.5 Å². The SMILES string of the molecule is CCOc1cc(C=Nc2sc3c(c2C(=O)Nc2ccccc2)CCCC3)ccc1OCc1ccc(C#N)cc1. The third-order valence-corrected chi connectivity index (χ3v) is 7.69. The Kier molecular flexibility index (Phi) is 8.35. The van der Waals surface area contributed by atoms with Crippen LogP contribution in [-0.4, -0.2) is 18.7 Å². The fraction of sp³-hybridized carbons (Fsp3) is 0.219. The molecular formula is C32H29N3O3S. The summed E-state index contributed by atoms with van der Waals surface area (Å²) in [5.74, 6) is 1.14. The number of benzene rings is 3. The molecule has 1 aromatic heterocycles. The summed E-state index contributed by atoms with van der Waals surface area (Å²) < 4.78 is 11.9. The van der Waals surface area contributed by atoms with Crippen molar-refractivity contribution in [1.82, 2.24) is 0 Å². The molecule has 1 aliphatic rings. The number of aliphatic imine (C=N–C) groups is 1. The second-order valence-electron chi connectivity index (χ2n) is 9.21. The van der Waals surface area contributed by atoms with Crippen LogP contribution < -0.4 is 14.8 Å². The highest BCUT2D eigenvalue weighted by atomic mass is 32.1. The Morgan fingerprint density at radius 2 is 1.82 bits per heavy atom. The van der Waals surface area contributed by atoms with Crippen LogP contribution >= 0.6 is 11.3 Å². The van der Waals surface area contributed by atoms with Crippen molar-refractivity contribution in [3.63, 3.8) is 0 Å². The Morgan fingerprint density at radius 3 is 2.59 bits per heavy atom. The number of amides is 1. The minimum Gasteiger partial charge on any atom is -0.490 e. The molecule has 1 aliphatic carbocycles. The average molecular weight is 536 g/mol. The Hall–Kier alpha value is -4.41. The molecule has 0 radical (unpaired) electrons. The zero-order valence-electron chi connectivity index (χ0n) is 21.8. The lowest BCUT2D eigenvalue weighted by atomic mass is 9.95. The van der Waals surface area contributed by atoms with E-state index in [2.05, 4.69) is 11.4 Å². The molecule has 1 N–H and O–H groups in total. The van der Waals surface area contributed by atoms with Crippen LogP contribution in [0, 0.1) is 11.3 Å². The Morgan fingerprint density at radius 1 is 1.03 bits per heavy atom. The lowest BCUT2D eigenvalue weighted by Gasteiger charge is -2.13. The number of nitrogens with zero attached hydrogens (tertiary/aromatic N) is 2. The van der Waals surface area contributed by atoms with Crippen molar-refractivity contribution in [2.45, 2.75) is 39.2 Å². The smallest absolute Gasteiger partial charge is 0.259 e. The summed E-state index contributed by atoms with van der Waals surface area (Å²) in [4.78, 5) is 19.4. The molecule has 39 heavy (non-hydrogen) atoms. The lowest BCUT2D eigenvalue weighted by Crippen LogP contribution is -2.14. The summed E-state index contributed by atoms with van der Waals surface area (Å²) >= 11 is 1.61. The molecule has 0 saturated carbocycles. The number of carbonyl (C=O) groups excluding carboxylic acids is 1. The maximum atomic E-state index is 13.4. The highest BCUT2D eigenvalue weighted by Gasteiger charge is 2.25. The zero-order valence-corrected chi connectivity index (χ0v) is 22.6. The Labute approximate surface area is 232 Å². The summed E-state index contributed by atoms with van der Waals surface area (Å²) in [6.07, 6.45) is 5.89. The maximum absolute atomic E-state index is 13.4. The van der Waals surface area contributed by atoms with E-state index in [0.717, 1.165) is 53.1 Å². The van der Waals surface area contributed by atoms with Gasteiger partial charge in [-0.15, -0.1) is 11.3 Å². The maximum Gasteiger partial charge on any atom is 0.259 e. The number of aryl methyl sites for hydroxylation is 1.